The van der Waals surface area contributed by atoms with Gasteiger partial charge in [0, 0.05) is 12.3 Å². The molecule has 0 radical (unpaired) electrons. The molecule has 0 aliphatic carbocycles. The maximum Gasteiger partial charge on any atom is 0.494 e. The molecule has 1 fully saturated rings. The largest absolute Gasteiger partial charge is 0.494 e. The van der Waals surface area contributed by atoms with E-state index in [0.29, 0.717) is 16.6 Å². The molecule has 1 aromatic heterocycles. The second-order valence-corrected chi connectivity index (χ2v) is 9.51. The number of Topliss-reactive ketones (excluding diaryl/α,β-unsaturated/α-hetero) is 1. The van der Waals surface area contributed by atoms with E-state index in [1.807, 2.05) is 66.7 Å². The van der Waals surface area contributed by atoms with E-state index >= 15 is 0 Å². The monoisotopic (exact) mass is 400 g/mol. The molecular weight excluding hydrogens is 371 g/mol. The fraction of sp³-hybridized carbons (Fsp3) is 0.571. The Labute approximate surface area is 171 Å². The number of carbonyl (C=O) groups excluding carboxylic acids is 2. The molecule has 0 N–H and O–H groups in total. The first-order valence-electron chi connectivity index (χ1n) is 9.79. The van der Waals surface area contributed by atoms with Crippen LogP contribution in [-0.4, -0.2) is 45.5 Å². The molecule has 0 saturated carbocycles. The number of ketones is 1. The minimum Gasteiger partial charge on any atom is -0.459 e. The number of nitrogens with zero attached hydrogens (tertiary/aromatic N) is 2. The van der Waals surface area contributed by atoms with E-state index in [0.717, 1.165) is 5.46 Å². The van der Waals surface area contributed by atoms with E-state index in [1.165, 1.54) is 11.6 Å². The highest BCUT2D eigenvalue weighted by molar-refractivity contribution is 6.62. The van der Waals surface area contributed by atoms with E-state index < -0.39 is 29.9 Å². The van der Waals surface area contributed by atoms with Crippen LogP contribution >= 0.6 is 0 Å². The molecule has 2 aromatic rings. The van der Waals surface area contributed by atoms with Crippen molar-refractivity contribution in [1.29, 1.82) is 0 Å². The van der Waals surface area contributed by atoms with Crippen molar-refractivity contribution in [3.63, 3.8) is 0 Å². The first-order chi connectivity index (χ1) is 13.2. The van der Waals surface area contributed by atoms with Crippen LogP contribution < -0.4 is 5.46 Å². The predicted molar refractivity (Wildman–Crippen MR) is 111 cm³/mol. The summed E-state index contributed by atoms with van der Waals surface area (Å²) in [5.74, 6) is -0.587. The van der Waals surface area contributed by atoms with Gasteiger partial charge in [0.2, 0.25) is 0 Å². The third-order valence-corrected chi connectivity index (χ3v) is 5.33. The Morgan fingerprint density at radius 3 is 2.24 bits per heavy atom. The van der Waals surface area contributed by atoms with Gasteiger partial charge in [-0.15, -0.1) is 0 Å². The van der Waals surface area contributed by atoms with Crippen LogP contribution in [0.5, 0.6) is 0 Å². The normalized spacial score (nSPS) is 18.3. The van der Waals surface area contributed by atoms with Crippen molar-refractivity contribution in [3.8, 4) is 0 Å². The minimum atomic E-state index is -0.590. The van der Waals surface area contributed by atoms with Crippen LogP contribution in [0.15, 0.2) is 18.2 Å². The number of benzene rings is 1. The topological polar surface area (TPSA) is 79.7 Å². The van der Waals surface area contributed by atoms with Crippen LogP contribution in [0, 0.1) is 0 Å². The second-order valence-electron chi connectivity index (χ2n) is 9.51. The average molecular weight is 400 g/mol. The summed E-state index contributed by atoms with van der Waals surface area (Å²) in [6.45, 7) is 14.8. The number of fused-ring (bicyclic) bond motifs is 1. The fourth-order valence-electron chi connectivity index (χ4n) is 3.20. The molecule has 156 valence electrons. The van der Waals surface area contributed by atoms with Gasteiger partial charge in [0.05, 0.1) is 16.7 Å². The Hall–Kier alpha value is -2.19. The van der Waals surface area contributed by atoms with Gasteiger partial charge in [0.1, 0.15) is 17.8 Å². The maximum atomic E-state index is 12.3. The van der Waals surface area contributed by atoms with Crippen LogP contribution in [0.4, 0.5) is 0 Å². The summed E-state index contributed by atoms with van der Waals surface area (Å²) >= 11 is 0. The first kappa shape index (κ1) is 21.5. The second kappa shape index (κ2) is 6.95. The van der Waals surface area contributed by atoms with Gasteiger partial charge in [-0.2, -0.15) is 5.10 Å². The van der Waals surface area contributed by atoms with Gasteiger partial charge in [-0.25, -0.2) is 0 Å². The van der Waals surface area contributed by atoms with Gasteiger partial charge in [-0.3, -0.25) is 14.3 Å². The number of hydrogen-bond acceptors (Lipinski definition) is 6. The van der Waals surface area contributed by atoms with Crippen molar-refractivity contribution in [2.24, 2.45) is 0 Å². The molecule has 0 spiro atoms. The number of aromatic nitrogens is 2. The summed E-state index contributed by atoms with van der Waals surface area (Å²) < 4.78 is 19.1. The van der Waals surface area contributed by atoms with Crippen LogP contribution in [-0.2, 0) is 25.4 Å². The molecule has 0 unspecified atom stereocenters. The van der Waals surface area contributed by atoms with Crippen LogP contribution in [0.3, 0.4) is 0 Å². The lowest BCUT2D eigenvalue weighted by molar-refractivity contribution is -0.155. The van der Waals surface area contributed by atoms with Crippen molar-refractivity contribution in [3.05, 3.63) is 23.9 Å². The Kier molecular flexibility index (Phi) is 5.16. The Morgan fingerprint density at radius 1 is 1.14 bits per heavy atom. The lowest BCUT2D eigenvalue weighted by atomic mass is 9.78. The van der Waals surface area contributed by atoms with Crippen LogP contribution in [0.1, 0.15) is 65.9 Å². The first-order valence-corrected chi connectivity index (χ1v) is 9.79. The summed E-state index contributed by atoms with van der Waals surface area (Å²) in [6.07, 6.45) is 0. The minimum absolute atomic E-state index is 0.0725. The summed E-state index contributed by atoms with van der Waals surface area (Å²) in [4.78, 5) is 24.4. The molecular formula is C21H29BN2O5. The van der Waals surface area contributed by atoms with Gasteiger partial charge < -0.3 is 14.0 Å². The highest BCUT2D eigenvalue weighted by Crippen LogP contribution is 2.36. The zero-order valence-corrected chi connectivity index (χ0v) is 18.5. The molecule has 7 nitrogen and oxygen atoms in total. The highest BCUT2D eigenvalue weighted by Gasteiger charge is 2.51. The Morgan fingerprint density at radius 2 is 1.72 bits per heavy atom. The molecule has 1 aliphatic rings. The van der Waals surface area contributed by atoms with E-state index in [2.05, 4.69) is 5.10 Å². The van der Waals surface area contributed by atoms with Crippen molar-refractivity contribution >= 4 is 35.2 Å². The molecule has 0 amide bonds. The molecule has 0 bridgehead atoms. The quantitative estimate of drug-likeness (QED) is 0.446. The maximum absolute atomic E-state index is 12.3. The number of carbonyl (C=O) groups is 2. The standard InChI is InChI=1S/C21H29BN2O5/c1-13(25)18-15-11-14(22-28-20(5,6)21(7,8)29-22)9-10-16(15)24(23-18)12-17(26)27-19(2,3)4/h9-11H,12H2,1-8H3. The van der Waals surface area contributed by atoms with E-state index in [9.17, 15) is 9.59 Å². The van der Waals surface area contributed by atoms with Crippen molar-refractivity contribution < 1.29 is 23.6 Å². The number of esters is 1. The summed E-state index contributed by atoms with van der Waals surface area (Å²) in [5.41, 5.74) is 0.278. The van der Waals surface area contributed by atoms with E-state index in [-0.39, 0.29) is 12.3 Å². The van der Waals surface area contributed by atoms with Crippen LogP contribution in [0.2, 0.25) is 0 Å². The average Bonchev–Trinajstić information content (AvgIpc) is 3.00. The molecule has 1 aliphatic heterocycles. The summed E-state index contributed by atoms with van der Waals surface area (Å²) in [7, 11) is -0.543. The smallest absolute Gasteiger partial charge is 0.459 e. The van der Waals surface area contributed by atoms with Gasteiger partial charge in [-0.1, -0.05) is 12.1 Å². The zero-order valence-electron chi connectivity index (χ0n) is 18.5. The molecule has 29 heavy (non-hydrogen) atoms. The Bertz CT molecular complexity index is 955. The Balaban J connectivity index is 1.98. The number of ether oxygens (including phenoxy) is 1. The third-order valence-electron chi connectivity index (χ3n) is 5.33. The number of hydrogen-bond donors (Lipinski definition) is 0. The van der Waals surface area contributed by atoms with Gasteiger partial charge in [-0.05, 0) is 60.0 Å². The van der Waals surface area contributed by atoms with E-state index in [1.54, 1.807) is 0 Å². The zero-order chi connectivity index (χ0) is 21.8. The van der Waals surface area contributed by atoms with E-state index in [4.69, 9.17) is 14.0 Å². The highest BCUT2D eigenvalue weighted by atomic mass is 16.7. The SMILES string of the molecule is CC(=O)c1nn(CC(=O)OC(C)(C)C)c2ccc(B3OC(C)(C)C(C)(C)O3)cc12. The van der Waals surface area contributed by atoms with Crippen molar-refractivity contribution in [2.75, 3.05) is 0 Å². The fourth-order valence-corrected chi connectivity index (χ4v) is 3.20. The third kappa shape index (κ3) is 4.23. The van der Waals surface area contributed by atoms with Crippen molar-refractivity contribution in [2.45, 2.75) is 78.7 Å². The summed E-state index contributed by atoms with van der Waals surface area (Å²) in [6, 6.07) is 5.56. The van der Waals surface area contributed by atoms with Gasteiger partial charge in [0.25, 0.3) is 0 Å². The van der Waals surface area contributed by atoms with Crippen molar-refractivity contribution in [1.82, 2.24) is 9.78 Å². The van der Waals surface area contributed by atoms with Crippen LogP contribution in [0.25, 0.3) is 10.9 Å². The van der Waals surface area contributed by atoms with Gasteiger partial charge >= 0.3 is 13.1 Å². The number of rotatable bonds is 4. The molecule has 2 heterocycles. The predicted octanol–water partition coefficient (Wildman–Crippen LogP) is 2.88. The molecule has 1 aromatic carbocycles. The molecule has 1 saturated heterocycles. The molecule has 8 heteroatoms. The summed E-state index contributed by atoms with van der Waals surface area (Å²) in [5, 5.41) is 5.03. The molecule has 3 rings (SSSR count). The lowest BCUT2D eigenvalue weighted by Crippen LogP contribution is -2.41. The lowest BCUT2D eigenvalue weighted by Gasteiger charge is -2.32. The molecule has 0 atom stereocenters. The van der Waals surface area contributed by atoms with Gasteiger partial charge in [0.15, 0.2) is 5.78 Å².